The molecular formula is C6H5N3O5. The number of amides is 1. The number of carbonyl (C=O) groups excluding carboxylic acids is 1. The van der Waals surface area contributed by atoms with E-state index in [1.165, 1.54) is 0 Å². The van der Waals surface area contributed by atoms with E-state index in [0.29, 0.717) is 6.07 Å². The molecule has 1 amide bonds. The summed E-state index contributed by atoms with van der Waals surface area (Å²) in [7, 11) is 0. The summed E-state index contributed by atoms with van der Waals surface area (Å²) < 4.78 is 0. The van der Waals surface area contributed by atoms with Gasteiger partial charge in [-0.25, -0.2) is 0 Å². The SMILES string of the molecule is NC(=O)c1c([N+](=O)[O-])cc(=O)[nH]c1O. The van der Waals surface area contributed by atoms with Crippen molar-refractivity contribution in [2.24, 2.45) is 5.73 Å². The summed E-state index contributed by atoms with van der Waals surface area (Å²) in [6.07, 6.45) is 0. The molecular weight excluding hydrogens is 194 g/mol. The first-order chi connectivity index (χ1) is 6.43. The van der Waals surface area contributed by atoms with Gasteiger partial charge in [0, 0.05) is 0 Å². The molecule has 0 unspecified atom stereocenters. The Morgan fingerprint density at radius 1 is 1.64 bits per heavy atom. The van der Waals surface area contributed by atoms with Crippen LogP contribution in [0.15, 0.2) is 10.9 Å². The number of rotatable bonds is 2. The molecule has 0 spiro atoms. The molecule has 74 valence electrons. The van der Waals surface area contributed by atoms with Crippen LogP contribution < -0.4 is 11.3 Å². The maximum atomic E-state index is 10.7. The summed E-state index contributed by atoms with van der Waals surface area (Å²) in [6, 6.07) is 0.569. The third-order valence-corrected chi connectivity index (χ3v) is 1.45. The van der Waals surface area contributed by atoms with Gasteiger partial charge in [0.15, 0.2) is 5.56 Å². The average molecular weight is 199 g/mol. The Labute approximate surface area is 76.1 Å². The van der Waals surface area contributed by atoms with Crippen LogP contribution in [0.3, 0.4) is 0 Å². The summed E-state index contributed by atoms with van der Waals surface area (Å²) in [5, 5.41) is 19.4. The van der Waals surface area contributed by atoms with Crippen LogP contribution in [0.1, 0.15) is 10.4 Å². The monoisotopic (exact) mass is 199 g/mol. The van der Waals surface area contributed by atoms with Gasteiger partial charge in [-0.05, 0) is 0 Å². The summed E-state index contributed by atoms with van der Waals surface area (Å²) >= 11 is 0. The van der Waals surface area contributed by atoms with Crippen LogP contribution in [0.25, 0.3) is 0 Å². The van der Waals surface area contributed by atoms with Crippen LogP contribution in [-0.2, 0) is 0 Å². The van der Waals surface area contributed by atoms with Crippen LogP contribution in [0.4, 0.5) is 5.69 Å². The molecule has 0 radical (unpaired) electrons. The van der Waals surface area contributed by atoms with Gasteiger partial charge in [0.05, 0.1) is 11.0 Å². The van der Waals surface area contributed by atoms with Gasteiger partial charge >= 0.3 is 0 Å². The second kappa shape index (κ2) is 3.17. The fourth-order valence-corrected chi connectivity index (χ4v) is 0.920. The van der Waals surface area contributed by atoms with E-state index in [-0.39, 0.29) is 0 Å². The zero-order valence-electron chi connectivity index (χ0n) is 6.68. The summed E-state index contributed by atoms with van der Waals surface area (Å²) in [5.74, 6) is -2.10. The molecule has 0 fully saturated rings. The first-order valence-electron chi connectivity index (χ1n) is 3.34. The molecule has 0 aromatic carbocycles. The smallest absolute Gasteiger partial charge is 0.293 e. The van der Waals surface area contributed by atoms with Crippen molar-refractivity contribution in [1.29, 1.82) is 0 Å². The molecule has 4 N–H and O–H groups in total. The molecule has 0 aliphatic carbocycles. The number of hydrogen-bond acceptors (Lipinski definition) is 5. The highest BCUT2D eigenvalue weighted by molar-refractivity contribution is 5.98. The second-order valence-electron chi connectivity index (χ2n) is 2.36. The molecule has 0 saturated carbocycles. The maximum Gasteiger partial charge on any atom is 0.293 e. The van der Waals surface area contributed by atoms with E-state index in [2.05, 4.69) is 0 Å². The fraction of sp³-hybridized carbons (Fsp3) is 0. The van der Waals surface area contributed by atoms with E-state index in [0.717, 1.165) is 0 Å². The Bertz CT molecular complexity index is 463. The van der Waals surface area contributed by atoms with Crippen LogP contribution in [0.2, 0.25) is 0 Å². The third kappa shape index (κ3) is 1.53. The van der Waals surface area contributed by atoms with E-state index in [4.69, 9.17) is 10.8 Å². The normalized spacial score (nSPS) is 9.71. The average Bonchev–Trinajstić information content (AvgIpc) is 2.01. The molecule has 0 bridgehead atoms. The van der Waals surface area contributed by atoms with Crippen molar-refractivity contribution in [3.8, 4) is 5.88 Å². The number of hydrogen-bond donors (Lipinski definition) is 3. The fourth-order valence-electron chi connectivity index (χ4n) is 0.920. The molecule has 0 aliphatic rings. The molecule has 1 rings (SSSR count). The number of nitrogens with one attached hydrogen (secondary N) is 1. The molecule has 1 aromatic heterocycles. The van der Waals surface area contributed by atoms with E-state index < -0.39 is 33.5 Å². The maximum absolute atomic E-state index is 10.7. The Hall–Kier alpha value is -2.38. The van der Waals surface area contributed by atoms with Gasteiger partial charge in [-0.2, -0.15) is 0 Å². The van der Waals surface area contributed by atoms with E-state index in [1.807, 2.05) is 4.98 Å². The predicted octanol–water partition coefficient (Wildman–Crippen LogP) is -0.912. The lowest BCUT2D eigenvalue weighted by Crippen LogP contribution is -2.17. The third-order valence-electron chi connectivity index (χ3n) is 1.45. The van der Waals surface area contributed by atoms with E-state index >= 15 is 0 Å². The van der Waals surface area contributed by atoms with Crippen molar-refractivity contribution >= 4 is 11.6 Å². The zero-order valence-corrected chi connectivity index (χ0v) is 6.68. The summed E-state index contributed by atoms with van der Waals surface area (Å²) in [4.78, 5) is 32.6. The minimum absolute atomic E-state index is 0.569. The number of pyridine rings is 1. The minimum atomic E-state index is -1.19. The van der Waals surface area contributed by atoms with Gasteiger partial charge in [-0.3, -0.25) is 24.7 Å². The van der Waals surface area contributed by atoms with Gasteiger partial charge in [0.25, 0.3) is 17.2 Å². The lowest BCUT2D eigenvalue weighted by molar-refractivity contribution is -0.385. The minimum Gasteiger partial charge on any atom is -0.494 e. The molecule has 8 nitrogen and oxygen atoms in total. The highest BCUT2D eigenvalue weighted by Crippen LogP contribution is 2.21. The lowest BCUT2D eigenvalue weighted by atomic mass is 10.2. The van der Waals surface area contributed by atoms with Crippen molar-refractivity contribution in [2.75, 3.05) is 0 Å². The van der Waals surface area contributed by atoms with E-state index in [9.17, 15) is 19.7 Å². The molecule has 0 aliphatic heterocycles. The first kappa shape index (κ1) is 9.71. The molecule has 1 aromatic rings. The molecule has 0 saturated heterocycles. The number of aromatic amines is 1. The number of aromatic hydroxyl groups is 1. The highest BCUT2D eigenvalue weighted by Gasteiger charge is 2.23. The van der Waals surface area contributed by atoms with Crippen LogP contribution in [0.5, 0.6) is 5.88 Å². The predicted molar refractivity (Wildman–Crippen MR) is 43.9 cm³/mol. The van der Waals surface area contributed by atoms with Gasteiger partial charge in [0.2, 0.25) is 5.88 Å². The number of aromatic nitrogens is 1. The van der Waals surface area contributed by atoms with Gasteiger partial charge in [0.1, 0.15) is 0 Å². The van der Waals surface area contributed by atoms with Crippen LogP contribution >= 0.6 is 0 Å². The number of carbonyl (C=O) groups is 1. The quantitative estimate of drug-likeness (QED) is 0.417. The number of H-pyrrole nitrogens is 1. The summed E-state index contributed by atoms with van der Waals surface area (Å²) in [5.41, 5.74) is 2.35. The number of nitrogens with zero attached hydrogens (tertiary/aromatic N) is 1. The standard InChI is InChI=1S/C6H5N3O5/c7-5(11)4-2(9(13)14)1-3(10)8-6(4)12/h1H,(H2,7,11)(H2,8,10,12). The van der Waals surface area contributed by atoms with Crippen LogP contribution in [0, 0.1) is 10.1 Å². The molecule has 8 heteroatoms. The summed E-state index contributed by atoms with van der Waals surface area (Å²) in [6.45, 7) is 0. The van der Waals surface area contributed by atoms with Crippen molar-refractivity contribution in [3.63, 3.8) is 0 Å². The van der Waals surface area contributed by atoms with Crippen molar-refractivity contribution in [1.82, 2.24) is 4.98 Å². The van der Waals surface area contributed by atoms with Gasteiger partial charge in [-0.1, -0.05) is 0 Å². The topological polar surface area (TPSA) is 139 Å². The largest absolute Gasteiger partial charge is 0.494 e. The highest BCUT2D eigenvalue weighted by atomic mass is 16.6. The number of primary amides is 1. The molecule has 1 heterocycles. The second-order valence-corrected chi connectivity index (χ2v) is 2.36. The number of nitro groups is 1. The van der Waals surface area contributed by atoms with Crippen LogP contribution in [-0.4, -0.2) is 20.9 Å². The van der Waals surface area contributed by atoms with E-state index in [1.54, 1.807) is 0 Å². The molecule has 14 heavy (non-hydrogen) atoms. The Kier molecular flexibility index (Phi) is 2.19. The van der Waals surface area contributed by atoms with Gasteiger partial charge in [-0.15, -0.1) is 0 Å². The lowest BCUT2D eigenvalue weighted by Gasteiger charge is -1.99. The zero-order chi connectivity index (χ0) is 10.9. The number of nitrogens with two attached hydrogens (primary N) is 1. The Morgan fingerprint density at radius 2 is 2.21 bits per heavy atom. The first-order valence-corrected chi connectivity index (χ1v) is 3.34. The van der Waals surface area contributed by atoms with Crippen molar-refractivity contribution in [3.05, 3.63) is 32.1 Å². The van der Waals surface area contributed by atoms with Crippen molar-refractivity contribution < 1.29 is 14.8 Å². The van der Waals surface area contributed by atoms with Gasteiger partial charge < -0.3 is 10.8 Å². The Morgan fingerprint density at radius 3 is 2.64 bits per heavy atom. The van der Waals surface area contributed by atoms with Crippen molar-refractivity contribution in [2.45, 2.75) is 0 Å². The Balaban J connectivity index is 3.61. The molecule has 0 atom stereocenters.